The van der Waals surface area contributed by atoms with E-state index in [9.17, 15) is 4.79 Å². The number of carbonyl (C=O) groups excluding carboxylic acids is 1. The molecule has 4 heteroatoms. The summed E-state index contributed by atoms with van der Waals surface area (Å²) in [7, 11) is 0. The van der Waals surface area contributed by atoms with Gasteiger partial charge in [-0.05, 0) is 32.4 Å². The third-order valence-corrected chi connectivity index (χ3v) is 3.63. The summed E-state index contributed by atoms with van der Waals surface area (Å²) in [4.78, 5) is 12.1. The lowest BCUT2D eigenvalue weighted by Gasteiger charge is -2.34. The monoisotopic (exact) mass is 268 g/mol. The predicted molar refractivity (Wildman–Crippen MR) is 67.6 cm³/mol. The van der Waals surface area contributed by atoms with Crippen molar-refractivity contribution in [3.63, 3.8) is 0 Å². The second-order valence-corrected chi connectivity index (χ2v) is 5.01. The Morgan fingerprint density at radius 2 is 1.72 bits per heavy atom. The smallest absolute Gasteiger partial charge is 0.295 e. The van der Waals surface area contributed by atoms with E-state index in [1.54, 1.807) is 0 Å². The topological polar surface area (TPSA) is 33.5 Å². The first kappa shape index (κ1) is 15.0. The van der Waals surface area contributed by atoms with E-state index in [4.69, 9.17) is 0 Å². The molecular formula is C14H21ClN2O. The lowest BCUT2D eigenvalue weighted by molar-refractivity contribution is -0.984. The molecule has 1 fully saturated rings. The Kier molecular flexibility index (Phi) is 5.63. The van der Waals surface area contributed by atoms with Gasteiger partial charge in [0.2, 0.25) is 0 Å². The fraction of sp³-hybridized carbons (Fsp3) is 0.500. The number of hydrogen-bond donors (Lipinski definition) is 2. The molecule has 1 amide bonds. The fourth-order valence-corrected chi connectivity index (χ4v) is 2.57. The van der Waals surface area contributed by atoms with Crippen molar-refractivity contribution < 1.29 is 22.2 Å². The average Bonchev–Trinajstić information content (AvgIpc) is 2.35. The molecule has 1 heterocycles. The van der Waals surface area contributed by atoms with Crippen molar-refractivity contribution in [1.29, 1.82) is 0 Å². The van der Waals surface area contributed by atoms with E-state index in [-0.39, 0.29) is 18.3 Å². The van der Waals surface area contributed by atoms with Crippen LogP contribution in [0, 0.1) is 0 Å². The van der Waals surface area contributed by atoms with Crippen LogP contribution in [0.1, 0.15) is 43.5 Å². The maximum Gasteiger partial charge on any atom is 0.295 e. The first-order valence-corrected chi connectivity index (χ1v) is 6.41. The number of piperidine rings is 1. The highest BCUT2D eigenvalue weighted by atomic mass is 35.5. The third kappa shape index (κ3) is 3.47. The van der Waals surface area contributed by atoms with Crippen molar-refractivity contribution in [2.75, 3.05) is 0 Å². The maximum atomic E-state index is 12.1. The maximum absolute atomic E-state index is 12.1. The Bertz CT molecular complexity index is 373. The Labute approximate surface area is 115 Å². The molecule has 0 saturated carbocycles. The van der Waals surface area contributed by atoms with Gasteiger partial charge in [0, 0.05) is 18.4 Å². The molecule has 1 aliphatic heterocycles. The SMILES string of the molecule is CC1CCCC(C)[NH+]1NC(=O)c1ccccc1.[Cl-]. The normalized spacial score (nSPS) is 27.1. The Hall–Kier alpha value is -1.06. The van der Waals surface area contributed by atoms with Crippen LogP contribution in [0.25, 0.3) is 0 Å². The summed E-state index contributed by atoms with van der Waals surface area (Å²) in [6.45, 7) is 4.41. The number of benzene rings is 1. The quantitative estimate of drug-likeness (QED) is 0.651. The number of carbonyl (C=O) groups is 1. The van der Waals surface area contributed by atoms with Gasteiger partial charge < -0.3 is 12.4 Å². The van der Waals surface area contributed by atoms with Crippen LogP contribution < -0.4 is 22.8 Å². The van der Waals surface area contributed by atoms with Crippen LogP contribution in [0.3, 0.4) is 0 Å². The predicted octanol–water partition coefficient (Wildman–Crippen LogP) is -1.82. The lowest BCUT2D eigenvalue weighted by atomic mass is 10.00. The van der Waals surface area contributed by atoms with Gasteiger partial charge in [0.1, 0.15) is 12.1 Å². The number of quaternary nitrogens is 1. The van der Waals surface area contributed by atoms with Gasteiger partial charge in [0.05, 0.1) is 0 Å². The van der Waals surface area contributed by atoms with Crippen LogP contribution in [-0.2, 0) is 0 Å². The van der Waals surface area contributed by atoms with E-state index in [1.807, 2.05) is 30.3 Å². The van der Waals surface area contributed by atoms with E-state index in [0.717, 1.165) is 5.56 Å². The van der Waals surface area contributed by atoms with Gasteiger partial charge in [-0.1, -0.05) is 18.2 Å². The molecule has 0 aliphatic carbocycles. The summed E-state index contributed by atoms with van der Waals surface area (Å²) < 4.78 is 0. The molecule has 1 aromatic carbocycles. The van der Waals surface area contributed by atoms with E-state index in [0.29, 0.717) is 12.1 Å². The number of amides is 1. The molecule has 0 bridgehead atoms. The van der Waals surface area contributed by atoms with Crippen LogP contribution in [0.4, 0.5) is 0 Å². The second kappa shape index (κ2) is 6.76. The van der Waals surface area contributed by atoms with Gasteiger partial charge in [0.15, 0.2) is 0 Å². The lowest BCUT2D eigenvalue weighted by Crippen LogP contribution is -3.25. The van der Waals surface area contributed by atoms with Crippen LogP contribution >= 0.6 is 0 Å². The van der Waals surface area contributed by atoms with Crippen LogP contribution in [0.5, 0.6) is 0 Å². The minimum atomic E-state index is 0. The fourth-order valence-electron chi connectivity index (χ4n) is 2.57. The van der Waals surface area contributed by atoms with Crippen molar-refractivity contribution >= 4 is 5.91 Å². The number of hydrogen-bond acceptors (Lipinski definition) is 1. The Morgan fingerprint density at radius 3 is 2.28 bits per heavy atom. The molecule has 2 N–H and O–H groups in total. The van der Waals surface area contributed by atoms with Gasteiger partial charge in [-0.15, -0.1) is 0 Å². The van der Waals surface area contributed by atoms with E-state index >= 15 is 0 Å². The van der Waals surface area contributed by atoms with Crippen molar-refractivity contribution in [3.8, 4) is 0 Å². The molecule has 0 radical (unpaired) electrons. The minimum Gasteiger partial charge on any atom is -1.00 e. The molecule has 1 aliphatic rings. The van der Waals surface area contributed by atoms with Crippen molar-refractivity contribution in [1.82, 2.24) is 5.43 Å². The molecule has 2 atom stereocenters. The number of halogens is 1. The highest BCUT2D eigenvalue weighted by Crippen LogP contribution is 2.06. The standard InChI is InChI=1S/C14H20N2O.ClH/c1-11-7-6-8-12(2)16(11)15-14(17)13-9-4-3-5-10-13;/h3-5,9-12H,6-8H2,1-2H3,(H,15,17);1H. The van der Waals surface area contributed by atoms with Crippen molar-refractivity contribution in [2.24, 2.45) is 0 Å². The molecule has 100 valence electrons. The minimum absolute atomic E-state index is 0. The summed E-state index contributed by atoms with van der Waals surface area (Å²) in [5, 5.41) is 1.21. The van der Waals surface area contributed by atoms with E-state index in [1.165, 1.54) is 24.3 Å². The molecule has 18 heavy (non-hydrogen) atoms. The molecular weight excluding hydrogens is 248 g/mol. The largest absolute Gasteiger partial charge is 1.00 e. The van der Waals surface area contributed by atoms with E-state index in [2.05, 4.69) is 19.3 Å². The summed E-state index contributed by atoms with van der Waals surface area (Å²) >= 11 is 0. The zero-order valence-corrected chi connectivity index (χ0v) is 11.7. The zero-order valence-electron chi connectivity index (χ0n) is 10.9. The molecule has 0 aromatic heterocycles. The molecule has 0 spiro atoms. The highest BCUT2D eigenvalue weighted by molar-refractivity contribution is 5.93. The second-order valence-electron chi connectivity index (χ2n) is 5.01. The van der Waals surface area contributed by atoms with E-state index < -0.39 is 0 Å². The van der Waals surface area contributed by atoms with Crippen molar-refractivity contribution in [3.05, 3.63) is 35.9 Å². The Balaban J connectivity index is 0.00000162. The third-order valence-electron chi connectivity index (χ3n) is 3.63. The zero-order chi connectivity index (χ0) is 12.3. The Morgan fingerprint density at radius 1 is 1.17 bits per heavy atom. The first-order valence-electron chi connectivity index (χ1n) is 6.41. The highest BCUT2D eigenvalue weighted by Gasteiger charge is 2.30. The van der Waals surface area contributed by atoms with Gasteiger partial charge in [-0.3, -0.25) is 4.79 Å². The summed E-state index contributed by atoms with van der Waals surface area (Å²) in [5.41, 5.74) is 3.85. The summed E-state index contributed by atoms with van der Waals surface area (Å²) in [6, 6.07) is 10.4. The number of nitrogens with one attached hydrogen (secondary N) is 2. The molecule has 1 saturated heterocycles. The van der Waals surface area contributed by atoms with Crippen molar-refractivity contribution in [2.45, 2.75) is 45.2 Å². The average molecular weight is 269 g/mol. The number of rotatable bonds is 2. The van der Waals surface area contributed by atoms with Gasteiger partial charge in [-0.2, -0.15) is 5.43 Å². The molecule has 2 rings (SSSR count). The first-order chi connectivity index (χ1) is 8.18. The van der Waals surface area contributed by atoms with Gasteiger partial charge in [0.25, 0.3) is 5.91 Å². The molecule has 1 aromatic rings. The molecule has 2 unspecified atom stereocenters. The van der Waals surface area contributed by atoms with Crippen LogP contribution in [-0.4, -0.2) is 18.0 Å². The van der Waals surface area contributed by atoms with Crippen LogP contribution in [0.2, 0.25) is 0 Å². The van der Waals surface area contributed by atoms with Crippen LogP contribution in [0.15, 0.2) is 30.3 Å². The van der Waals surface area contributed by atoms with Gasteiger partial charge >= 0.3 is 0 Å². The molecule has 3 nitrogen and oxygen atoms in total. The summed E-state index contributed by atoms with van der Waals surface area (Å²) in [6.07, 6.45) is 3.65. The van der Waals surface area contributed by atoms with Gasteiger partial charge in [-0.25, -0.2) is 5.01 Å². The summed E-state index contributed by atoms with van der Waals surface area (Å²) in [5.74, 6) is 0.0289.